The largest absolute Gasteiger partial charge is 0.103 e. The third-order valence-electron chi connectivity index (χ3n) is 5.21. The van der Waals surface area contributed by atoms with Crippen LogP contribution in [0.1, 0.15) is 65.7 Å². The maximum Gasteiger partial charge on any atom is -0.0237 e. The highest BCUT2D eigenvalue weighted by Gasteiger charge is 2.44. The van der Waals surface area contributed by atoms with E-state index in [4.69, 9.17) is 0 Å². The first-order valence-corrected chi connectivity index (χ1v) is 7.79. The van der Waals surface area contributed by atoms with Crippen LogP contribution in [-0.2, 0) is 0 Å². The first-order chi connectivity index (χ1) is 8.61. The molecule has 0 saturated heterocycles. The van der Waals surface area contributed by atoms with E-state index in [2.05, 4.69) is 33.1 Å². The Hall–Kier alpha value is -0.520. The lowest BCUT2D eigenvalue weighted by Crippen LogP contribution is -2.40. The van der Waals surface area contributed by atoms with Crippen LogP contribution in [-0.4, -0.2) is 0 Å². The fourth-order valence-corrected chi connectivity index (χ4v) is 4.34. The molecule has 0 spiro atoms. The Kier molecular flexibility index (Phi) is 6.18. The van der Waals surface area contributed by atoms with Gasteiger partial charge in [0, 0.05) is 0 Å². The molecule has 2 fully saturated rings. The predicted molar refractivity (Wildman–Crippen MR) is 82.6 cm³/mol. The Morgan fingerprint density at radius 3 is 2.44 bits per heavy atom. The second kappa shape index (κ2) is 7.16. The number of rotatable bonds is 3. The summed E-state index contributed by atoms with van der Waals surface area (Å²) in [6.45, 7) is 14.1. The Morgan fingerprint density at radius 1 is 1.22 bits per heavy atom. The summed E-state index contributed by atoms with van der Waals surface area (Å²) >= 11 is 0. The predicted octanol–water partition coefficient (Wildman–Crippen LogP) is 6.00. The van der Waals surface area contributed by atoms with Crippen molar-refractivity contribution in [1.29, 1.82) is 0 Å². The lowest BCUT2D eigenvalue weighted by atomic mass is 9.54. The molecule has 0 aromatic heterocycles. The molecular formula is C18H32. The van der Waals surface area contributed by atoms with E-state index in [9.17, 15) is 0 Å². The molecule has 0 aromatic rings. The van der Waals surface area contributed by atoms with Gasteiger partial charge in [-0.25, -0.2) is 0 Å². The molecule has 104 valence electrons. The van der Waals surface area contributed by atoms with Gasteiger partial charge >= 0.3 is 0 Å². The molecule has 0 aliphatic heterocycles. The highest BCUT2D eigenvalue weighted by atomic mass is 14.5. The van der Waals surface area contributed by atoms with E-state index in [1.54, 1.807) is 6.08 Å². The average molecular weight is 248 g/mol. The summed E-state index contributed by atoms with van der Waals surface area (Å²) in [5.74, 6) is 3.04. The molecule has 0 aromatic carbocycles. The van der Waals surface area contributed by atoms with Crippen LogP contribution >= 0.6 is 0 Å². The second-order valence-electron chi connectivity index (χ2n) is 6.53. The molecule has 0 N–H and O–H groups in total. The Labute approximate surface area is 115 Å². The van der Waals surface area contributed by atoms with Gasteiger partial charge in [0.2, 0.25) is 0 Å². The van der Waals surface area contributed by atoms with E-state index < -0.39 is 0 Å². The first kappa shape index (κ1) is 15.5. The van der Waals surface area contributed by atoms with Gasteiger partial charge in [-0.05, 0) is 75.0 Å². The van der Waals surface area contributed by atoms with E-state index >= 15 is 0 Å². The van der Waals surface area contributed by atoms with Crippen molar-refractivity contribution in [2.45, 2.75) is 65.7 Å². The molecule has 2 saturated carbocycles. The first-order valence-electron chi connectivity index (χ1n) is 7.79. The van der Waals surface area contributed by atoms with Crippen LogP contribution in [0.3, 0.4) is 0 Å². The standard InChI is InChI=1S/C15H26.C3H6/c1-4-7-15(5-2)8-6-13-9-12(3)10-14(15)11-13;1-3-2/h4,12-14H,1,5-11H2,2-3H3;3H,1H2,2H3. The SMILES string of the molecule is C=CC.C=CCC1(CC)CCC2CC(C)CC1C2. The minimum absolute atomic E-state index is 0.632. The van der Waals surface area contributed by atoms with E-state index in [1.807, 2.05) is 6.92 Å². The fraction of sp³-hybridized carbons (Fsp3) is 0.778. The van der Waals surface area contributed by atoms with E-state index in [0.717, 1.165) is 17.8 Å². The lowest BCUT2D eigenvalue weighted by Gasteiger charge is -2.51. The van der Waals surface area contributed by atoms with Crippen LogP contribution < -0.4 is 0 Å². The van der Waals surface area contributed by atoms with Gasteiger partial charge in [0.15, 0.2) is 0 Å². The monoisotopic (exact) mass is 248 g/mol. The molecule has 18 heavy (non-hydrogen) atoms. The normalized spacial score (nSPS) is 38.3. The van der Waals surface area contributed by atoms with Gasteiger partial charge in [-0.15, -0.1) is 13.2 Å². The smallest absolute Gasteiger partial charge is 0.0237 e. The van der Waals surface area contributed by atoms with Gasteiger partial charge in [0.25, 0.3) is 0 Å². The van der Waals surface area contributed by atoms with Crippen LogP contribution in [0.5, 0.6) is 0 Å². The summed E-state index contributed by atoms with van der Waals surface area (Å²) in [5.41, 5.74) is 0.632. The maximum atomic E-state index is 3.97. The zero-order valence-electron chi connectivity index (χ0n) is 12.8. The summed E-state index contributed by atoms with van der Waals surface area (Å²) in [6.07, 6.45) is 14.0. The molecule has 4 atom stereocenters. The van der Waals surface area contributed by atoms with Crippen LogP contribution in [0.15, 0.2) is 25.3 Å². The van der Waals surface area contributed by atoms with Gasteiger partial charge < -0.3 is 0 Å². The van der Waals surface area contributed by atoms with Crippen molar-refractivity contribution < 1.29 is 0 Å². The minimum Gasteiger partial charge on any atom is -0.103 e. The molecule has 2 aliphatic rings. The highest BCUT2D eigenvalue weighted by molar-refractivity contribution is 4.98. The molecule has 0 heteroatoms. The van der Waals surface area contributed by atoms with Crippen molar-refractivity contribution in [3.63, 3.8) is 0 Å². The molecule has 0 amide bonds. The Balaban J connectivity index is 0.000000492. The average Bonchev–Trinajstić information content (AvgIpc) is 2.34. The van der Waals surface area contributed by atoms with Crippen LogP contribution in [0.4, 0.5) is 0 Å². The molecule has 4 unspecified atom stereocenters. The summed E-state index contributed by atoms with van der Waals surface area (Å²) in [7, 11) is 0. The van der Waals surface area contributed by atoms with Crippen molar-refractivity contribution >= 4 is 0 Å². The lowest BCUT2D eigenvalue weighted by molar-refractivity contribution is 0.00520. The molecule has 0 radical (unpaired) electrons. The van der Waals surface area contributed by atoms with E-state index in [-0.39, 0.29) is 0 Å². The van der Waals surface area contributed by atoms with Gasteiger partial charge in [0.05, 0.1) is 0 Å². The summed E-state index contributed by atoms with van der Waals surface area (Å²) in [5, 5.41) is 0. The summed E-state index contributed by atoms with van der Waals surface area (Å²) in [6, 6.07) is 0. The molecule has 0 heterocycles. The molecule has 0 nitrogen and oxygen atoms in total. The third kappa shape index (κ3) is 3.49. The maximum absolute atomic E-state index is 3.97. The van der Waals surface area contributed by atoms with Crippen molar-refractivity contribution in [1.82, 2.24) is 0 Å². The summed E-state index contributed by atoms with van der Waals surface area (Å²) in [4.78, 5) is 0. The molecule has 2 bridgehead atoms. The number of allylic oxidation sites excluding steroid dienone is 2. The number of fused-ring (bicyclic) bond motifs is 2. The van der Waals surface area contributed by atoms with Crippen molar-refractivity contribution in [2.75, 3.05) is 0 Å². The van der Waals surface area contributed by atoms with Gasteiger partial charge in [-0.1, -0.05) is 26.0 Å². The van der Waals surface area contributed by atoms with Crippen LogP contribution in [0.25, 0.3) is 0 Å². The zero-order valence-corrected chi connectivity index (χ0v) is 12.8. The van der Waals surface area contributed by atoms with Crippen molar-refractivity contribution in [2.24, 2.45) is 23.2 Å². The fourth-order valence-electron chi connectivity index (χ4n) is 4.34. The van der Waals surface area contributed by atoms with E-state index in [0.29, 0.717) is 5.41 Å². The Bertz CT molecular complexity index is 263. The number of hydrogen-bond acceptors (Lipinski definition) is 0. The topological polar surface area (TPSA) is 0 Å². The number of hydrogen-bond donors (Lipinski definition) is 0. The quantitative estimate of drug-likeness (QED) is 0.537. The van der Waals surface area contributed by atoms with Crippen molar-refractivity contribution in [3.05, 3.63) is 25.3 Å². The van der Waals surface area contributed by atoms with Gasteiger partial charge in [0.1, 0.15) is 0 Å². The zero-order chi connectivity index (χ0) is 13.6. The molecular weight excluding hydrogens is 216 g/mol. The van der Waals surface area contributed by atoms with Gasteiger partial charge in [-0.3, -0.25) is 0 Å². The second-order valence-corrected chi connectivity index (χ2v) is 6.53. The third-order valence-corrected chi connectivity index (χ3v) is 5.21. The summed E-state index contributed by atoms with van der Waals surface area (Å²) < 4.78 is 0. The minimum atomic E-state index is 0.632. The molecule has 2 aliphatic carbocycles. The van der Waals surface area contributed by atoms with Gasteiger partial charge in [-0.2, -0.15) is 0 Å². The highest BCUT2D eigenvalue weighted by Crippen LogP contribution is 2.55. The van der Waals surface area contributed by atoms with E-state index in [1.165, 1.54) is 44.9 Å². The molecule has 2 rings (SSSR count). The van der Waals surface area contributed by atoms with Crippen molar-refractivity contribution in [3.8, 4) is 0 Å². The van der Waals surface area contributed by atoms with Crippen LogP contribution in [0.2, 0.25) is 0 Å². The van der Waals surface area contributed by atoms with Crippen LogP contribution in [0, 0.1) is 23.2 Å². The Morgan fingerprint density at radius 2 is 1.89 bits per heavy atom.